The summed E-state index contributed by atoms with van der Waals surface area (Å²) in [6.45, 7) is 1.98. The maximum Gasteiger partial charge on any atom is 0.277 e. The highest BCUT2D eigenvalue weighted by Gasteiger charge is 2.29. The number of carbonyl (C=O) groups excluding carboxylic acids is 1. The molecule has 0 spiro atoms. The molecule has 0 radical (unpaired) electrons. The minimum absolute atomic E-state index is 0.203. The van der Waals surface area contributed by atoms with Crippen LogP contribution in [-0.4, -0.2) is 25.9 Å². The number of aryl methyl sites for hydroxylation is 1. The normalized spacial score (nSPS) is 18.2. The second-order valence-corrected chi connectivity index (χ2v) is 6.53. The van der Waals surface area contributed by atoms with E-state index in [1.807, 2.05) is 17.7 Å². The van der Waals surface area contributed by atoms with Crippen LogP contribution in [0, 0.1) is 6.92 Å². The molecule has 20 heavy (non-hydrogen) atoms. The van der Waals surface area contributed by atoms with Gasteiger partial charge in [0.2, 0.25) is 5.13 Å². The van der Waals surface area contributed by atoms with E-state index in [-0.39, 0.29) is 5.91 Å². The molecule has 7 heteroatoms. The molecule has 0 atom stereocenters. The lowest BCUT2D eigenvalue weighted by molar-refractivity contribution is 0.102. The van der Waals surface area contributed by atoms with Gasteiger partial charge in [0.25, 0.3) is 5.91 Å². The molecule has 2 aliphatic carbocycles. The fraction of sp³-hybridized carbons (Fsp3) is 0.538. The first-order valence-electron chi connectivity index (χ1n) is 6.91. The van der Waals surface area contributed by atoms with E-state index in [4.69, 9.17) is 0 Å². The van der Waals surface area contributed by atoms with E-state index < -0.39 is 0 Å². The summed E-state index contributed by atoms with van der Waals surface area (Å²) in [6.07, 6.45) is 4.69. The third kappa shape index (κ3) is 2.22. The van der Waals surface area contributed by atoms with Gasteiger partial charge >= 0.3 is 0 Å². The molecule has 2 saturated carbocycles. The summed E-state index contributed by atoms with van der Waals surface area (Å²) in [7, 11) is 0. The maximum atomic E-state index is 12.2. The minimum atomic E-state index is -0.203. The summed E-state index contributed by atoms with van der Waals surface area (Å²) in [5.74, 6) is 0.362. The summed E-state index contributed by atoms with van der Waals surface area (Å²) < 4.78 is 1.95. The van der Waals surface area contributed by atoms with Crippen molar-refractivity contribution in [1.82, 2.24) is 20.0 Å². The monoisotopic (exact) mass is 289 g/mol. The van der Waals surface area contributed by atoms with Gasteiger partial charge in [-0.05, 0) is 38.7 Å². The van der Waals surface area contributed by atoms with Gasteiger partial charge in [-0.3, -0.25) is 14.8 Å². The number of nitrogens with one attached hydrogen (secondary N) is 1. The zero-order valence-electron chi connectivity index (χ0n) is 11.2. The second kappa shape index (κ2) is 4.37. The number of anilines is 1. The summed E-state index contributed by atoms with van der Waals surface area (Å²) in [5.41, 5.74) is 1.49. The van der Waals surface area contributed by atoms with Crippen molar-refractivity contribution >= 4 is 22.4 Å². The zero-order valence-corrected chi connectivity index (χ0v) is 12.0. The third-order valence-corrected chi connectivity index (χ3v) is 4.64. The van der Waals surface area contributed by atoms with Gasteiger partial charge in [0.1, 0.15) is 5.01 Å². The van der Waals surface area contributed by atoms with Crippen molar-refractivity contribution in [3.8, 4) is 0 Å². The molecule has 6 nitrogen and oxygen atoms in total. The fourth-order valence-corrected chi connectivity index (χ4v) is 3.14. The largest absolute Gasteiger partial charge is 0.295 e. The van der Waals surface area contributed by atoms with E-state index in [0.717, 1.165) is 23.5 Å². The van der Waals surface area contributed by atoms with Gasteiger partial charge in [-0.25, -0.2) is 0 Å². The van der Waals surface area contributed by atoms with Crippen LogP contribution in [0.1, 0.15) is 58.8 Å². The quantitative estimate of drug-likeness (QED) is 0.938. The highest BCUT2D eigenvalue weighted by Crippen LogP contribution is 2.42. The Kier molecular flexibility index (Phi) is 2.63. The first kappa shape index (κ1) is 12.0. The first-order chi connectivity index (χ1) is 9.70. The molecular formula is C13H15N5OS. The lowest BCUT2D eigenvalue weighted by atomic mass is 10.3. The Labute approximate surface area is 120 Å². The van der Waals surface area contributed by atoms with Gasteiger partial charge in [0.15, 0.2) is 5.69 Å². The van der Waals surface area contributed by atoms with E-state index in [1.54, 1.807) is 0 Å². The standard InChI is InChI=1S/C13H15N5OS/c1-7-6-10(17-18(7)9-4-5-9)11(19)14-13-16-15-12(20-13)8-2-3-8/h6,8-9H,2-5H2,1H3,(H,14,16,19). The van der Waals surface area contributed by atoms with Crippen LogP contribution >= 0.6 is 11.3 Å². The highest BCUT2D eigenvalue weighted by atomic mass is 32.1. The van der Waals surface area contributed by atoms with Gasteiger partial charge in [-0.1, -0.05) is 11.3 Å². The second-order valence-electron chi connectivity index (χ2n) is 5.52. The molecule has 0 unspecified atom stereocenters. The van der Waals surface area contributed by atoms with E-state index in [9.17, 15) is 4.79 Å². The molecular weight excluding hydrogens is 274 g/mol. The Hall–Kier alpha value is -1.76. The van der Waals surface area contributed by atoms with Crippen molar-refractivity contribution in [2.24, 2.45) is 0 Å². The smallest absolute Gasteiger partial charge is 0.277 e. The molecule has 1 amide bonds. The molecule has 1 N–H and O–H groups in total. The van der Waals surface area contributed by atoms with Crippen LogP contribution in [0.5, 0.6) is 0 Å². The Morgan fingerprint density at radius 3 is 2.85 bits per heavy atom. The fourth-order valence-electron chi connectivity index (χ4n) is 2.23. The van der Waals surface area contributed by atoms with Gasteiger partial charge in [0.05, 0.1) is 6.04 Å². The number of amides is 1. The predicted molar refractivity (Wildman–Crippen MR) is 75.1 cm³/mol. The lowest BCUT2D eigenvalue weighted by Gasteiger charge is -1.99. The van der Waals surface area contributed by atoms with Crippen molar-refractivity contribution in [3.63, 3.8) is 0 Å². The molecule has 2 fully saturated rings. The van der Waals surface area contributed by atoms with E-state index in [1.165, 1.54) is 24.2 Å². The first-order valence-corrected chi connectivity index (χ1v) is 7.73. The van der Waals surface area contributed by atoms with Gasteiger partial charge < -0.3 is 0 Å². The van der Waals surface area contributed by atoms with Crippen LogP contribution in [0.3, 0.4) is 0 Å². The molecule has 2 aliphatic rings. The number of carbonyl (C=O) groups is 1. The SMILES string of the molecule is Cc1cc(C(=O)Nc2nnc(C3CC3)s2)nn1C1CC1. The molecule has 0 saturated heterocycles. The molecule has 0 bridgehead atoms. The van der Waals surface area contributed by atoms with Gasteiger partial charge in [-0.15, -0.1) is 10.2 Å². The van der Waals surface area contributed by atoms with E-state index in [0.29, 0.717) is 22.8 Å². The third-order valence-electron chi connectivity index (χ3n) is 3.64. The van der Waals surface area contributed by atoms with Crippen molar-refractivity contribution in [2.45, 2.75) is 44.6 Å². The summed E-state index contributed by atoms with van der Waals surface area (Å²) in [4.78, 5) is 12.2. The topological polar surface area (TPSA) is 72.7 Å². The minimum Gasteiger partial charge on any atom is -0.295 e. The molecule has 2 heterocycles. The Bertz CT molecular complexity index is 668. The molecule has 2 aromatic rings. The Morgan fingerprint density at radius 1 is 1.35 bits per heavy atom. The van der Waals surface area contributed by atoms with Crippen molar-refractivity contribution in [1.29, 1.82) is 0 Å². The average Bonchev–Trinajstić information content (AvgIpc) is 3.35. The Morgan fingerprint density at radius 2 is 2.15 bits per heavy atom. The maximum absolute atomic E-state index is 12.2. The average molecular weight is 289 g/mol. The van der Waals surface area contributed by atoms with E-state index in [2.05, 4.69) is 20.6 Å². The van der Waals surface area contributed by atoms with Crippen LogP contribution < -0.4 is 5.32 Å². The van der Waals surface area contributed by atoms with Crippen LogP contribution in [0.15, 0.2) is 6.07 Å². The number of hydrogen-bond acceptors (Lipinski definition) is 5. The van der Waals surface area contributed by atoms with Crippen LogP contribution in [0.4, 0.5) is 5.13 Å². The van der Waals surface area contributed by atoms with Crippen molar-refractivity contribution in [3.05, 3.63) is 22.5 Å². The Balaban J connectivity index is 1.49. The number of rotatable bonds is 4. The van der Waals surface area contributed by atoms with E-state index >= 15 is 0 Å². The summed E-state index contributed by atoms with van der Waals surface area (Å²) in [6, 6.07) is 2.32. The predicted octanol–water partition coefficient (Wildman–Crippen LogP) is 2.51. The molecule has 0 aliphatic heterocycles. The lowest BCUT2D eigenvalue weighted by Crippen LogP contribution is -2.13. The van der Waals surface area contributed by atoms with Crippen LogP contribution in [0.25, 0.3) is 0 Å². The van der Waals surface area contributed by atoms with Gasteiger partial charge in [0, 0.05) is 11.6 Å². The zero-order chi connectivity index (χ0) is 13.7. The molecule has 0 aromatic carbocycles. The van der Waals surface area contributed by atoms with Crippen molar-refractivity contribution < 1.29 is 4.79 Å². The number of aromatic nitrogens is 4. The molecule has 104 valence electrons. The summed E-state index contributed by atoms with van der Waals surface area (Å²) >= 11 is 1.47. The number of nitrogens with zero attached hydrogens (tertiary/aromatic N) is 4. The molecule has 4 rings (SSSR count). The summed E-state index contributed by atoms with van der Waals surface area (Å²) in [5, 5.41) is 16.9. The highest BCUT2D eigenvalue weighted by molar-refractivity contribution is 7.15. The van der Waals surface area contributed by atoms with Crippen LogP contribution in [0.2, 0.25) is 0 Å². The molecule has 2 aromatic heterocycles. The number of hydrogen-bond donors (Lipinski definition) is 1. The van der Waals surface area contributed by atoms with Crippen molar-refractivity contribution in [2.75, 3.05) is 5.32 Å². The van der Waals surface area contributed by atoms with Crippen LogP contribution in [-0.2, 0) is 0 Å². The van der Waals surface area contributed by atoms with Gasteiger partial charge in [-0.2, -0.15) is 5.10 Å².